The van der Waals surface area contributed by atoms with Gasteiger partial charge >= 0.3 is 0 Å². The van der Waals surface area contributed by atoms with Crippen LogP contribution in [0.25, 0.3) is 5.69 Å². The summed E-state index contributed by atoms with van der Waals surface area (Å²) in [7, 11) is 1.64. The van der Waals surface area contributed by atoms with E-state index in [4.69, 9.17) is 16.3 Å². The molecule has 0 aliphatic heterocycles. The first-order chi connectivity index (χ1) is 16.5. The predicted molar refractivity (Wildman–Crippen MR) is 137 cm³/mol. The quantitative estimate of drug-likeness (QED) is 0.296. The zero-order chi connectivity index (χ0) is 23.9. The molecule has 0 atom stereocenters. The van der Waals surface area contributed by atoms with Gasteiger partial charge in [-0.25, -0.2) is 0 Å². The van der Waals surface area contributed by atoms with E-state index in [2.05, 4.69) is 20.8 Å². The van der Waals surface area contributed by atoms with Crippen LogP contribution < -0.4 is 15.4 Å². The molecule has 0 spiro atoms. The van der Waals surface area contributed by atoms with Crippen LogP contribution in [0.5, 0.6) is 5.75 Å². The number of carbonyl (C=O) groups excluding carboxylic acids is 1. The summed E-state index contributed by atoms with van der Waals surface area (Å²) in [5, 5.41) is 16.2. The third kappa shape index (κ3) is 5.70. The van der Waals surface area contributed by atoms with Crippen molar-refractivity contribution in [2.45, 2.75) is 18.6 Å². The smallest absolute Gasteiger partial charge is 0.234 e. The van der Waals surface area contributed by atoms with Crippen LogP contribution in [0.1, 0.15) is 11.4 Å². The lowest BCUT2D eigenvalue weighted by Crippen LogP contribution is -2.15. The van der Waals surface area contributed by atoms with E-state index in [-0.39, 0.29) is 11.7 Å². The number of nitrogens with one attached hydrogen (secondary N) is 2. The lowest BCUT2D eigenvalue weighted by atomic mass is 10.2. The van der Waals surface area contributed by atoms with Crippen LogP contribution in [-0.2, 0) is 11.3 Å². The van der Waals surface area contributed by atoms with Gasteiger partial charge in [0, 0.05) is 16.4 Å². The Morgan fingerprint density at radius 1 is 1.06 bits per heavy atom. The van der Waals surface area contributed by atoms with Crippen molar-refractivity contribution in [3.8, 4) is 11.4 Å². The number of para-hydroxylation sites is 3. The molecule has 4 rings (SSSR count). The minimum Gasteiger partial charge on any atom is -0.495 e. The van der Waals surface area contributed by atoms with E-state index in [1.54, 1.807) is 13.2 Å². The number of amides is 1. The van der Waals surface area contributed by atoms with Crippen LogP contribution in [0.15, 0.2) is 78.0 Å². The second kappa shape index (κ2) is 11.1. The predicted octanol–water partition coefficient (Wildman–Crippen LogP) is 5.58. The number of hydrogen-bond donors (Lipinski definition) is 2. The summed E-state index contributed by atoms with van der Waals surface area (Å²) < 4.78 is 7.37. The molecule has 1 amide bonds. The number of aryl methyl sites for hydroxylation is 1. The van der Waals surface area contributed by atoms with Crippen molar-refractivity contribution >= 4 is 40.6 Å². The maximum Gasteiger partial charge on any atom is 0.234 e. The van der Waals surface area contributed by atoms with Crippen LogP contribution in [0.2, 0.25) is 5.02 Å². The van der Waals surface area contributed by atoms with Gasteiger partial charge in [0.25, 0.3) is 0 Å². The fraction of sp³-hybridized carbons (Fsp3) is 0.160. The summed E-state index contributed by atoms with van der Waals surface area (Å²) in [5.41, 5.74) is 3.39. The van der Waals surface area contributed by atoms with Gasteiger partial charge in [-0.2, -0.15) is 0 Å². The van der Waals surface area contributed by atoms with Crippen LogP contribution in [-0.4, -0.2) is 33.5 Å². The zero-order valence-electron chi connectivity index (χ0n) is 18.8. The molecule has 0 aliphatic carbocycles. The molecule has 1 aromatic heterocycles. The summed E-state index contributed by atoms with van der Waals surface area (Å²) in [6.45, 7) is 2.34. The Labute approximate surface area is 207 Å². The van der Waals surface area contributed by atoms with Gasteiger partial charge in [-0.1, -0.05) is 59.8 Å². The Morgan fingerprint density at radius 2 is 1.82 bits per heavy atom. The summed E-state index contributed by atoms with van der Waals surface area (Å²) in [4.78, 5) is 12.6. The Bertz CT molecular complexity index is 1280. The third-order valence-electron chi connectivity index (χ3n) is 5.05. The lowest BCUT2D eigenvalue weighted by Gasteiger charge is -2.13. The van der Waals surface area contributed by atoms with Crippen molar-refractivity contribution in [3.05, 3.63) is 89.2 Å². The standard InChI is InChI=1S/C25H24ClN5O2S/c1-17-12-13-18(14-20(17)26)28-24(32)16-34-25-30-29-23(31(25)19-8-4-3-5-9-19)15-27-21-10-6-7-11-22(21)33-2/h3-14,27H,15-16H2,1-2H3,(H,28,32). The van der Waals surface area contributed by atoms with Gasteiger partial charge in [0.1, 0.15) is 5.75 Å². The minimum absolute atomic E-state index is 0.152. The molecular weight excluding hydrogens is 470 g/mol. The van der Waals surface area contributed by atoms with Crippen LogP contribution in [0.3, 0.4) is 0 Å². The summed E-state index contributed by atoms with van der Waals surface area (Å²) in [5.74, 6) is 1.48. The van der Waals surface area contributed by atoms with E-state index in [9.17, 15) is 4.79 Å². The second-order valence-electron chi connectivity index (χ2n) is 7.42. The maximum atomic E-state index is 12.6. The number of aromatic nitrogens is 3. The van der Waals surface area contributed by atoms with E-state index in [0.29, 0.717) is 28.2 Å². The lowest BCUT2D eigenvalue weighted by molar-refractivity contribution is -0.113. The summed E-state index contributed by atoms with van der Waals surface area (Å²) in [6.07, 6.45) is 0. The highest BCUT2D eigenvalue weighted by Gasteiger charge is 2.16. The highest BCUT2D eigenvalue weighted by atomic mass is 35.5. The minimum atomic E-state index is -0.152. The SMILES string of the molecule is COc1ccccc1NCc1nnc(SCC(=O)Nc2ccc(C)c(Cl)c2)n1-c1ccccc1. The van der Waals surface area contributed by atoms with Gasteiger partial charge in [0.05, 0.1) is 25.1 Å². The molecule has 34 heavy (non-hydrogen) atoms. The van der Waals surface area contributed by atoms with E-state index >= 15 is 0 Å². The molecule has 2 N–H and O–H groups in total. The average molecular weight is 494 g/mol. The molecule has 174 valence electrons. The number of methoxy groups -OCH3 is 1. The molecule has 0 bridgehead atoms. The molecule has 4 aromatic rings. The van der Waals surface area contributed by atoms with Crippen molar-refractivity contribution in [3.63, 3.8) is 0 Å². The highest BCUT2D eigenvalue weighted by molar-refractivity contribution is 7.99. The van der Waals surface area contributed by atoms with Gasteiger partial charge in [-0.15, -0.1) is 10.2 Å². The average Bonchev–Trinajstić information content (AvgIpc) is 3.27. The summed E-state index contributed by atoms with van der Waals surface area (Å²) >= 11 is 7.48. The third-order valence-corrected chi connectivity index (χ3v) is 6.38. The first-order valence-corrected chi connectivity index (χ1v) is 12.0. The number of hydrogen-bond acceptors (Lipinski definition) is 6. The number of anilines is 2. The Balaban J connectivity index is 1.50. The Hall–Kier alpha value is -3.49. The van der Waals surface area contributed by atoms with Crippen molar-refractivity contribution < 1.29 is 9.53 Å². The molecule has 0 aliphatic rings. The number of benzene rings is 3. The summed E-state index contributed by atoms with van der Waals surface area (Å²) in [6, 6.07) is 23.0. The van der Waals surface area contributed by atoms with E-state index in [1.807, 2.05) is 78.2 Å². The largest absolute Gasteiger partial charge is 0.495 e. The van der Waals surface area contributed by atoms with Crippen LogP contribution in [0, 0.1) is 6.92 Å². The van der Waals surface area contributed by atoms with Gasteiger partial charge in [-0.3, -0.25) is 9.36 Å². The molecule has 0 fully saturated rings. The molecule has 1 heterocycles. The number of ether oxygens (including phenoxy) is 1. The Morgan fingerprint density at radius 3 is 2.59 bits per heavy atom. The number of rotatable bonds is 9. The normalized spacial score (nSPS) is 10.7. The fourth-order valence-corrected chi connectivity index (χ4v) is 4.26. The van der Waals surface area contributed by atoms with Gasteiger partial charge in [0.2, 0.25) is 5.91 Å². The highest BCUT2D eigenvalue weighted by Crippen LogP contribution is 2.26. The van der Waals surface area contributed by atoms with Crippen molar-refractivity contribution in [1.82, 2.24) is 14.8 Å². The van der Waals surface area contributed by atoms with Gasteiger partial charge in [0.15, 0.2) is 11.0 Å². The molecule has 0 saturated carbocycles. The molecule has 0 saturated heterocycles. The van der Waals surface area contributed by atoms with E-state index < -0.39 is 0 Å². The monoisotopic (exact) mass is 493 g/mol. The zero-order valence-corrected chi connectivity index (χ0v) is 20.4. The maximum absolute atomic E-state index is 12.6. The molecule has 0 radical (unpaired) electrons. The van der Waals surface area contributed by atoms with Crippen molar-refractivity contribution in [2.24, 2.45) is 0 Å². The van der Waals surface area contributed by atoms with Crippen LogP contribution >= 0.6 is 23.4 Å². The van der Waals surface area contributed by atoms with E-state index in [1.165, 1.54) is 11.8 Å². The first kappa shape index (κ1) is 23.7. The number of nitrogens with zero attached hydrogens (tertiary/aromatic N) is 3. The van der Waals surface area contributed by atoms with Crippen molar-refractivity contribution in [1.29, 1.82) is 0 Å². The van der Waals surface area contributed by atoms with E-state index in [0.717, 1.165) is 22.7 Å². The second-order valence-corrected chi connectivity index (χ2v) is 8.77. The van der Waals surface area contributed by atoms with Gasteiger partial charge in [-0.05, 0) is 48.9 Å². The topological polar surface area (TPSA) is 81.1 Å². The number of thioether (sulfide) groups is 1. The fourth-order valence-electron chi connectivity index (χ4n) is 3.31. The Kier molecular flexibility index (Phi) is 7.72. The number of halogens is 1. The molecular formula is C25H24ClN5O2S. The van der Waals surface area contributed by atoms with Gasteiger partial charge < -0.3 is 15.4 Å². The molecule has 0 unspecified atom stereocenters. The molecule has 7 nitrogen and oxygen atoms in total. The van der Waals surface area contributed by atoms with Crippen LogP contribution in [0.4, 0.5) is 11.4 Å². The first-order valence-electron chi connectivity index (χ1n) is 10.6. The molecule has 3 aromatic carbocycles. The molecule has 9 heteroatoms. The van der Waals surface area contributed by atoms with Crippen molar-refractivity contribution in [2.75, 3.05) is 23.5 Å². The number of carbonyl (C=O) groups is 1.